The number of rotatable bonds is 1. The summed E-state index contributed by atoms with van der Waals surface area (Å²) in [6.07, 6.45) is 0.548. The molecule has 5 heteroatoms. The number of fused-ring (bicyclic) bond motifs is 1. The maximum atomic E-state index is 12.3. The number of aliphatic hydroxyl groups is 1. The monoisotopic (exact) mass is 315 g/mol. The van der Waals surface area contributed by atoms with Crippen LogP contribution in [0.3, 0.4) is 0 Å². The largest absolute Gasteiger partial charge is 0.506 e. The van der Waals surface area contributed by atoms with Crippen molar-refractivity contribution in [2.75, 3.05) is 0 Å². The van der Waals surface area contributed by atoms with Gasteiger partial charge in [-0.25, -0.2) is 4.98 Å². The van der Waals surface area contributed by atoms with Crippen molar-refractivity contribution in [2.24, 2.45) is 5.41 Å². The van der Waals surface area contributed by atoms with Crippen molar-refractivity contribution in [1.29, 1.82) is 0 Å². The highest BCUT2D eigenvalue weighted by atomic mass is 32.1. The van der Waals surface area contributed by atoms with Crippen LogP contribution >= 0.6 is 11.3 Å². The van der Waals surface area contributed by atoms with E-state index in [2.05, 4.69) is 4.98 Å². The lowest BCUT2D eigenvalue weighted by atomic mass is 9.73. The lowest BCUT2D eigenvalue weighted by Gasteiger charge is -2.29. The predicted molar refractivity (Wildman–Crippen MR) is 86.9 cm³/mol. The number of ketones is 2. The van der Waals surface area contributed by atoms with E-state index < -0.39 is 0 Å². The normalized spacial score (nSPS) is 18.0. The van der Waals surface area contributed by atoms with Gasteiger partial charge in [0.25, 0.3) is 0 Å². The van der Waals surface area contributed by atoms with Gasteiger partial charge in [-0.2, -0.15) is 0 Å². The van der Waals surface area contributed by atoms with Crippen LogP contribution in [-0.2, 0) is 9.59 Å². The third-order valence-electron chi connectivity index (χ3n) is 4.08. The van der Waals surface area contributed by atoms with E-state index in [-0.39, 0.29) is 41.2 Å². The van der Waals surface area contributed by atoms with Crippen LogP contribution in [0, 0.1) is 12.3 Å². The summed E-state index contributed by atoms with van der Waals surface area (Å²) in [6.45, 7) is 5.63. The molecule has 1 aliphatic rings. The van der Waals surface area contributed by atoms with Gasteiger partial charge in [0.15, 0.2) is 11.6 Å². The van der Waals surface area contributed by atoms with Gasteiger partial charge in [-0.1, -0.05) is 13.8 Å². The van der Waals surface area contributed by atoms with E-state index in [0.29, 0.717) is 5.56 Å². The van der Waals surface area contributed by atoms with Crippen LogP contribution < -0.4 is 0 Å². The molecule has 1 saturated carbocycles. The quantitative estimate of drug-likeness (QED) is 0.493. The summed E-state index contributed by atoms with van der Waals surface area (Å²) in [6, 6.07) is 3.60. The molecule has 0 bridgehead atoms. The van der Waals surface area contributed by atoms with Gasteiger partial charge in [0.1, 0.15) is 11.3 Å². The molecule has 0 saturated heterocycles. The molecule has 0 unspecified atom stereocenters. The molecule has 22 heavy (non-hydrogen) atoms. The second kappa shape index (κ2) is 5.02. The van der Waals surface area contributed by atoms with Crippen molar-refractivity contribution in [1.82, 2.24) is 4.98 Å². The molecule has 0 aliphatic heterocycles. The predicted octanol–water partition coefficient (Wildman–Crippen LogP) is 3.83. The molecule has 1 aromatic heterocycles. The fourth-order valence-electron chi connectivity index (χ4n) is 2.99. The van der Waals surface area contributed by atoms with Crippen molar-refractivity contribution in [2.45, 2.75) is 33.6 Å². The average Bonchev–Trinajstić information content (AvgIpc) is 2.85. The molecule has 0 spiro atoms. The first-order chi connectivity index (χ1) is 10.3. The van der Waals surface area contributed by atoms with Crippen LogP contribution in [0.15, 0.2) is 23.2 Å². The molecule has 0 radical (unpaired) electrons. The Balaban J connectivity index is 2.15. The summed E-state index contributed by atoms with van der Waals surface area (Å²) in [7, 11) is 0. The molecule has 1 N–H and O–H groups in total. The number of nitrogens with zero attached hydrogens (tertiary/aromatic N) is 1. The molecule has 1 fully saturated rings. The first-order valence-electron chi connectivity index (χ1n) is 7.13. The Kier molecular flexibility index (Phi) is 3.40. The van der Waals surface area contributed by atoms with Crippen molar-refractivity contribution in [3.05, 3.63) is 34.3 Å². The molecule has 1 aliphatic carbocycles. The van der Waals surface area contributed by atoms with E-state index in [4.69, 9.17) is 0 Å². The summed E-state index contributed by atoms with van der Waals surface area (Å²) >= 11 is 1.52. The van der Waals surface area contributed by atoms with Gasteiger partial charge >= 0.3 is 0 Å². The molecule has 114 valence electrons. The summed E-state index contributed by atoms with van der Waals surface area (Å²) in [5, 5.41) is 10.5. The smallest absolute Gasteiger partial charge is 0.170 e. The van der Waals surface area contributed by atoms with Crippen molar-refractivity contribution >= 4 is 38.9 Å². The molecule has 3 rings (SSSR count). The summed E-state index contributed by atoms with van der Waals surface area (Å²) < 4.78 is 1.02. The number of hydrogen-bond acceptors (Lipinski definition) is 5. The highest BCUT2D eigenvalue weighted by Crippen LogP contribution is 2.37. The molecule has 0 amide bonds. The highest BCUT2D eigenvalue weighted by Gasteiger charge is 2.38. The Morgan fingerprint density at radius 2 is 1.86 bits per heavy atom. The Morgan fingerprint density at radius 3 is 2.50 bits per heavy atom. The van der Waals surface area contributed by atoms with E-state index in [9.17, 15) is 14.7 Å². The number of aliphatic hydroxyl groups excluding tert-OH is 1. The number of Topliss-reactive ketones (excluding diaryl/α,β-unsaturated/α-hetero) is 2. The van der Waals surface area contributed by atoms with Crippen molar-refractivity contribution < 1.29 is 14.7 Å². The zero-order chi connectivity index (χ0) is 16.1. The number of allylic oxidation sites excluding steroid dienone is 1. The minimum absolute atomic E-state index is 0.0583. The maximum absolute atomic E-state index is 12.3. The van der Waals surface area contributed by atoms with Crippen LogP contribution in [0.1, 0.15) is 37.8 Å². The van der Waals surface area contributed by atoms with Gasteiger partial charge in [-0.3, -0.25) is 9.59 Å². The van der Waals surface area contributed by atoms with E-state index in [1.165, 1.54) is 11.3 Å². The van der Waals surface area contributed by atoms with Gasteiger partial charge in [0.2, 0.25) is 0 Å². The number of benzene rings is 1. The van der Waals surface area contributed by atoms with Crippen LogP contribution in [0.5, 0.6) is 0 Å². The SMILES string of the molecule is Cc1c(C(O)=C2C(=O)CC(C)(C)CC2=O)ccc2scnc12. The van der Waals surface area contributed by atoms with E-state index >= 15 is 0 Å². The van der Waals surface area contributed by atoms with E-state index in [1.54, 1.807) is 11.6 Å². The summed E-state index contributed by atoms with van der Waals surface area (Å²) in [4.78, 5) is 28.9. The molecular formula is C17H17NO3S. The number of aromatic nitrogens is 1. The van der Waals surface area contributed by atoms with Gasteiger partial charge in [0, 0.05) is 18.4 Å². The first kappa shape index (κ1) is 14.9. The summed E-state index contributed by atoms with van der Waals surface area (Å²) in [5.41, 5.74) is 3.43. The second-order valence-electron chi connectivity index (χ2n) is 6.52. The standard InChI is InChI=1S/C17H17NO3S/c1-9-10(4-5-13-15(9)18-8-22-13)16(21)14-11(19)6-17(2,3)7-12(14)20/h4-5,8,21H,6-7H2,1-3H3. The highest BCUT2D eigenvalue weighted by molar-refractivity contribution is 7.16. The topological polar surface area (TPSA) is 67.3 Å². The Bertz CT molecular complexity index is 808. The third kappa shape index (κ3) is 2.35. The van der Waals surface area contributed by atoms with E-state index in [1.807, 2.05) is 26.8 Å². The van der Waals surface area contributed by atoms with Crippen LogP contribution in [-0.4, -0.2) is 21.7 Å². The first-order valence-corrected chi connectivity index (χ1v) is 8.01. The number of aryl methyl sites for hydroxylation is 1. The maximum Gasteiger partial charge on any atom is 0.170 e. The molecule has 2 aromatic rings. The van der Waals surface area contributed by atoms with Gasteiger partial charge in [-0.05, 0) is 30.0 Å². The number of thiazole rings is 1. The van der Waals surface area contributed by atoms with Crippen molar-refractivity contribution in [3.63, 3.8) is 0 Å². The van der Waals surface area contributed by atoms with Gasteiger partial charge in [0.05, 0.1) is 15.7 Å². The molecule has 1 heterocycles. The fraction of sp³-hybridized carbons (Fsp3) is 0.353. The molecule has 4 nitrogen and oxygen atoms in total. The minimum Gasteiger partial charge on any atom is -0.506 e. The number of carbonyl (C=O) groups excluding carboxylic acids is 2. The molecule has 0 atom stereocenters. The van der Waals surface area contributed by atoms with Crippen LogP contribution in [0.4, 0.5) is 0 Å². The fourth-order valence-corrected chi connectivity index (χ4v) is 3.72. The summed E-state index contributed by atoms with van der Waals surface area (Å²) in [5.74, 6) is -0.772. The number of carbonyl (C=O) groups is 2. The second-order valence-corrected chi connectivity index (χ2v) is 7.41. The number of hydrogen-bond donors (Lipinski definition) is 1. The average molecular weight is 315 g/mol. The lowest BCUT2D eigenvalue weighted by Crippen LogP contribution is -2.32. The lowest BCUT2D eigenvalue weighted by molar-refractivity contribution is -0.127. The van der Waals surface area contributed by atoms with Crippen LogP contribution in [0.25, 0.3) is 16.0 Å². The van der Waals surface area contributed by atoms with Gasteiger partial charge < -0.3 is 5.11 Å². The Morgan fingerprint density at radius 1 is 1.23 bits per heavy atom. The molecular weight excluding hydrogens is 298 g/mol. The Labute approximate surface area is 132 Å². The van der Waals surface area contributed by atoms with Gasteiger partial charge in [-0.15, -0.1) is 11.3 Å². The minimum atomic E-state index is -0.341. The zero-order valence-corrected chi connectivity index (χ0v) is 13.6. The molecule has 1 aromatic carbocycles. The Hall–Kier alpha value is -2.01. The van der Waals surface area contributed by atoms with Crippen molar-refractivity contribution in [3.8, 4) is 0 Å². The third-order valence-corrected chi connectivity index (χ3v) is 4.88. The zero-order valence-electron chi connectivity index (χ0n) is 12.8. The van der Waals surface area contributed by atoms with E-state index in [0.717, 1.165) is 15.8 Å². The van der Waals surface area contributed by atoms with Crippen LogP contribution in [0.2, 0.25) is 0 Å².